The van der Waals surface area contributed by atoms with E-state index in [1.165, 1.54) is 0 Å². The van der Waals surface area contributed by atoms with Gasteiger partial charge in [-0.15, -0.1) is 0 Å². The standard InChI is InChI=1S/C27H39F6O4Si3/c1-8-10-19-17-21(12-14-23(19)34)25(26(28,29)30,27(31,32)33)22-13-15-24(35)20(18-22)11-9-16-39(4,5)37-40(6,7)36-38(2)3/h12-15,17-18,34-35H,8-11,16H2,1-7H3. The first-order valence-electron chi connectivity index (χ1n) is 13.1. The molecular weight excluding hydrogens is 587 g/mol. The molecule has 0 bridgehead atoms. The number of halogens is 6. The lowest BCUT2D eigenvalue weighted by molar-refractivity contribution is -0.288. The van der Waals surface area contributed by atoms with Crippen LogP contribution < -0.4 is 0 Å². The van der Waals surface area contributed by atoms with Gasteiger partial charge in [-0.25, -0.2) is 0 Å². The Kier molecular flexibility index (Phi) is 10.8. The van der Waals surface area contributed by atoms with Crippen LogP contribution in [0.5, 0.6) is 11.5 Å². The van der Waals surface area contributed by atoms with E-state index >= 15 is 0 Å². The third-order valence-corrected chi connectivity index (χ3v) is 15.9. The van der Waals surface area contributed by atoms with Gasteiger partial charge >= 0.3 is 20.9 Å². The van der Waals surface area contributed by atoms with Gasteiger partial charge in [0.2, 0.25) is 5.41 Å². The first-order chi connectivity index (χ1) is 18.2. The fourth-order valence-electron chi connectivity index (χ4n) is 5.22. The molecule has 2 aromatic carbocycles. The molecule has 0 aliphatic rings. The molecule has 2 rings (SSSR count). The maximum atomic E-state index is 14.7. The SMILES string of the molecule is CCCc1cc(C(c2ccc(O)c(CCC[Si](C)(C)O[Si](C)(C)O[Si](C)C)c2)(C(F)(F)F)C(F)(F)F)ccc1O. The lowest BCUT2D eigenvalue weighted by Crippen LogP contribution is -2.54. The number of rotatable bonds is 12. The Labute approximate surface area is 236 Å². The molecule has 2 aromatic rings. The van der Waals surface area contributed by atoms with E-state index in [0.29, 0.717) is 31.0 Å². The summed E-state index contributed by atoms with van der Waals surface area (Å²) >= 11 is 0. The molecule has 0 unspecified atom stereocenters. The van der Waals surface area contributed by atoms with Gasteiger partial charge in [-0.05, 0) is 99.0 Å². The zero-order chi connectivity index (χ0) is 30.7. The lowest BCUT2D eigenvalue weighted by atomic mass is 9.72. The summed E-state index contributed by atoms with van der Waals surface area (Å²) in [5, 5.41) is 20.5. The van der Waals surface area contributed by atoms with Gasteiger partial charge in [0.05, 0.1) is 0 Å². The molecule has 1 radical (unpaired) electrons. The van der Waals surface area contributed by atoms with Crippen molar-refractivity contribution in [2.24, 2.45) is 0 Å². The second kappa shape index (κ2) is 12.6. The molecule has 0 saturated heterocycles. The number of alkyl halides is 6. The quantitative estimate of drug-likeness (QED) is 0.183. The number of phenols is 2. The van der Waals surface area contributed by atoms with E-state index in [9.17, 15) is 36.6 Å². The van der Waals surface area contributed by atoms with Crippen LogP contribution in [0.1, 0.15) is 42.0 Å². The molecule has 0 fully saturated rings. The molecule has 0 heterocycles. The molecule has 4 nitrogen and oxygen atoms in total. The molecule has 13 heteroatoms. The van der Waals surface area contributed by atoms with Crippen LogP contribution in [0.15, 0.2) is 36.4 Å². The second-order valence-electron chi connectivity index (χ2n) is 11.3. The Morgan fingerprint density at radius 2 is 1.23 bits per heavy atom. The van der Waals surface area contributed by atoms with Crippen LogP contribution in [0.2, 0.25) is 45.3 Å². The number of hydrogen-bond acceptors (Lipinski definition) is 4. The molecule has 225 valence electrons. The first kappa shape index (κ1) is 34.4. The van der Waals surface area contributed by atoms with Crippen LogP contribution in [-0.2, 0) is 26.5 Å². The highest BCUT2D eigenvalue weighted by atomic mass is 28.5. The van der Waals surface area contributed by atoms with Crippen LogP contribution in [0.3, 0.4) is 0 Å². The van der Waals surface area contributed by atoms with Crippen LogP contribution in [-0.4, -0.2) is 48.5 Å². The average Bonchev–Trinajstić information content (AvgIpc) is 2.74. The summed E-state index contributed by atoms with van der Waals surface area (Å²) < 4.78 is 101. The van der Waals surface area contributed by atoms with Gasteiger partial charge in [-0.3, -0.25) is 0 Å². The van der Waals surface area contributed by atoms with E-state index in [4.69, 9.17) is 8.23 Å². The number of phenolic OH excluding ortho intramolecular Hbond substituents is 2. The summed E-state index contributed by atoms with van der Waals surface area (Å²) in [5.74, 6) is -0.738. The maximum absolute atomic E-state index is 14.7. The summed E-state index contributed by atoms with van der Waals surface area (Å²) in [6.45, 7) is 13.6. The normalized spacial score (nSPS) is 13.8. The van der Waals surface area contributed by atoms with E-state index in [2.05, 4.69) is 0 Å². The molecule has 0 aliphatic heterocycles. The molecule has 0 amide bonds. The highest BCUT2D eigenvalue weighted by molar-refractivity contribution is 6.84. The number of aromatic hydroxyl groups is 2. The van der Waals surface area contributed by atoms with Gasteiger partial charge in [0.25, 0.3) is 0 Å². The van der Waals surface area contributed by atoms with Gasteiger partial charge in [-0.2, -0.15) is 26.3 Å². The Bertz CT molecular complexity index is 1140. The monoisotopic (exact) mass is 625 g/mol. The third kappa shape index (κ3) is 7.93. The van der Waals surface area contributed by atoms with Crippen molar-refractivity contribution in [1.82, 2.24) is 0 Å². The van der Waals surface area contributed by atoms with Crippen LogP contribution >= 0.6 is 0 Å². The van der Waals surface area contributed by atoms with E-state index in [1.807, 2.05) is 39.3 Å². The van der Waals surface area contributed by atoms with Gasteiger partial charge < -0.3 is 18.4 Å². The van der Waals surface area contributed by atoms with E-state index in [1.54, 1.807) is 6.92 Å². The summed E-state index contributed by atoms with van der Waals surface area (Å²) in [4.78, 5) is 0. The second-order valence-corrected chi connectivity index (χ2v) is 21.6. The van der Waals surface area contributed by atoms with Crippen molar-refractivity contribution in [2.75, 3.05) is 0 Å². The summed E-state index contributed by atoms with van der Waals surface area (Å²) in [5.41, 5.74) is -6.44. The molecule has 40 heavy (non-hydrogen) atoms. The number of benzene rings is 2. The van der Waals surface area contributed by atoms with E-state index in [0.717, 1.165) is 24.3 Å². The third-order valence-electron chi connectivity index (χ3n) is 6.59. The van der Waals surface area contributed by atoms with Gasteiger partial charge in [0, 0.05) is 0 Å². The van der Waals surface area contributed by atoms with Crippen molar-refractivity contribution in [3.8, 4) is 11.5 Å². The molecular formula is C27H39F6O4Si3. The van der Waals surface area contributed by atoms with Crippen LogP contribution in [0, 0.1) is 0 Å². The van der Waals surface area contributed by atoms with Gasteiger partial charge in [0.1, 0.15) is 11.5 Å². The van der Waals surface area contributed by atoms with Crippen LogP contribution in [0.25, 0.3) is 0 Å². The number of hydrogen-bond donors (Lipinski definition) is 2. The minimum atomic E-state index is -5.77. The summed E-state index contributed by atoms with van der Waals surface area (Å²) in [6.07, 6.45) is -10.5. The van der Waals surface area contributed by atoms with Crippen molar-refractivity contribution in [2.45, 2.75) is 95.7 Å². The Morgan fingerprint density at radius 3 is 1.62 bits per heavy atom. The van der Waals surface area contributed by atoms with Crippen molar-refractivity contribution >= 4 is 25.9 Å². The Hall–Kier alpha value is -1.81. The largest absolute Gasteiger partial charge is 0.508 e. The predicted octanol–water partition coefficient (Wildman–Crippen LogP) is 8.58. The number of aryl methyl sites for hydroxylation is 2. The molecule has 0 aromatic heterocycles. The highest BCUT2D eigenvalue weighted by Crippen LogP contribution is 2.57. The first-order valence-corrected chi connectivity index (χ1v) is 21.5. The Balaban J connectivity index is 2.52. The topological polar surface area (TPSA) is 58.9 Å². The smallest absolute Gasteiger partial charge is 0.411 e. The van der Waals surface area contributed by atoms with E-state index in [-0.39, 0.29) is 35.5 Å². The zero-order valence-corrected chi connectivity index (χ0v) is 27.0. The minimum Gasteiger partial charge on any atom is -0.508 e. The molecule has 0 atom stereocenters. The molecule has 0 saturated carbocycles. The van der Waals surface area contributed by atoms with E-state index < -0.39 is 54.8 Å². The average molecular weight is 626 g/mol. The van der Waals surface area contributed by atoms with Gasteiger partial charge in [0.15, 0.2) is 17.4 Å². The van der Waals surface area contributed by atoms with Crippen molar-refractivity contribution in [3.05, 3.63) is 58.7 Å². The maximum Gasteiger partial charge on any atom is 0.411 e. The summed E-state index contributed by atoms with van der Waals surface area (Å²) in [6, 6.07) is 5.27. The minimum absolute atomic E-state index is 0.000978. The predicted molar refractivity (Wildman–Crippen MR) is 151 cm³/mol. The fourth-order valence-corrected chi connectivity index (χ4v) is 16.5. The van der Waals surface area contributed by atoms with Crippen molar-refractivity contribution < 1.29 is 44.8 Å². The van der Waals surface area contributed by atoms with Crippen molar-refractivity contribution in [3.63, 3.8) is 0 Å². The van der Waals surface area contributed by atoms with Crippen molar-refractivity contribution in [1.29, 1.82) is 0 Å². The fraction of sp³-hybridized carbons (Fsp3) is 0.556. The molecule has 0 aliphatic carbocycles. The van der Waals surface area contributed by atoms with Gasteiger partial charge in [-0.1, -0.05) is 37.6 Å². The van der Waals surface area contributed by atoms with Crippen LogP contribution in [0.4, 0.5) is 26.3 Å². The lowest BCUT2D eigenvalue weighted by Gasteiger charge is -2.39. The molecule has 2 N–H and O–H groups in total. The zero-order valence-electron chi connectivity index (χ0n) is 24.0. The Morgan fingerprint density at radius 1 is 0.775 bits per heavy atom. The molecule has 0 spiro atoms. The summed E-state index contributed by atoms with van der Waals surface area (Å²) in [7, 11) is -5.63. The highest BCUT2D eigenvalue weighted by Gasteiger charge is 2.72.